The van der Waals surface area contributed by atoms with Gasteiger partial charge in [0.15, 0.2) is 0 Å². The SMILES string of the molecule is CCCC1CCC(NCCOC)(C(N)=O)CC1. The highest BCUT2D eigenvalue weighted by Gasteiger charge is 2.39. The number of methoxy groups -OCH3 is 1. The third-order valence-electron chi connectivity index (χ3n) is 3.90. The second-order valence-electron chi connectivity index (χ2n) is 5.10. The van der Waals surface area contributed by atoms with Crippen molar-refractivity contribution in [3.05, 3.63) is 0 Å². The van der Waals surface area contributed by atoms with E-state index in [1.165, 1.54) is 12.8 Å². The van der Waals surface area contributed by atoms with Gasteiger partial charge in [0.05, 0.1) is 12.1 Å². The normalized spacial score (nSPS) is 29.2. The number of primary amides is 1. The van der Waals surface area contributed by atoms with Crippen molar-refractivity contribution in [3.63, 3.8) is 0 Å². The summed E-state index contributed by atoms with van der Waals surface area (Å²) in [5.41, 5.74) is 5.08. The molecule has 1 aliphatic rings. The van der Waals surface area contributed by atoms with Crippen LogP contribution in [0.15, 0.2) is 0 Å². The van der Waals surface area contributed by atoms with Gasteiger partial charge >= 0.3 is 0 Å². The van der Waals surface area contributed by atoms with E-state index in [1.54, 1.807) is 7.11 Å². The van der Waals surface area contributed by atoms with E-state index >= 15 is 0 Å². The van der Waals surface area contributed by atoms with Gasteiger partial charge in [-0.15, -0.1) is 0 Å². The third-order valence-corrected chi connectivity index (χ3v) is 3.90. The summed E-state index contributed by atoms with van der Waals surface area (Å²) in [7, 11) is 1.66. The van der Waals surface area contributed by atoms with Crippen molar-refractivity contribution >= 4 is 5.91 Å². The molecule has 0 aromatic carbocycles. The number of hydrogen-bond acceptors (Lipinski definition) is 3. The standard InChI is InChI=1S/C13H26N2O2/c1-3-4-11-5-7-13(8-6-11,12(14)16)15-9-10-17-2/h11,15H,3-10H2,1-2H3,(H2,14,16). The second kappa shape index (κ2) is 6.97. The lowest BCUT2D eigenvalue weighted by atomic mass is 9.74. The Morgan fingerprint density at radius 3 is 2.59 bits per heavy atom. The number of nitrogens with one attached hydrogen (secondary N) is 1. The van der Waals surface area contributed by atoms with Crippen molar-refractivity contribution in [2.24, 2.45) is 11.7 Å². The van der Waals surface area contributed by atoms with Gasteiger partial charge in [-0.25, -0.2) is 0 Å². The van der Waals surface area contributed by atoms with Gasteiger partial charge in [-0.2, -0.15) is 0 Å². The van der Waals surface area contributed by atoms with Crippen molar-refractivity contribution in [1.82, 2.24) is 5.32 Å². The Kier molecular flexibility index (Phi) is 5.92. The molecule has 0 radical (unpaired) electrons. The van der Waals surface area contributed by atoms with Crippen molar-refractivity contribution in [2.45, 2.75) is 51.0 Å². The highest BCUT2D eigenvalue weighted by atomic mass is 16.5. The molecule has 3 N–H and O–H groups in total. The second-order valence-corrected chi connectivity index (χ2v) is 5.10. The Hall–Kier alpha value is -0.610. The summed E-state index contributed by atoms with van der Waals surface area (Å²) < 4.78 is 5.00. The van der Waals surface area contributed by atoms with Crippen LogP contribution in [0.1, 0.15) is 45.4 Å². The van der Waals surface area contributed by atoms with Crippen molar-refractivity contribution < 1.29 is 9.53 Å². The molecule has 100 valence electrons. The number of carbonyl (C=O) groups excluding carboxylic acids is 1. The van der Waals surface area contributed by atoms with Crippen LogP contribution in [0.3, 0.4) is 0 Å². The van der Waals surface area contributed by atoms with Crippen LogP contribution in [-0.4, -0.2) is 31.7 Å². The summed E-state index contributed by atoms with van der Waals surface area (Å²) >= 11 is 0. The molecule has 0 unspecified atom stereocenters. The van der Waals surface area contributed by atoms with Crippen LogP contribution >= 0.6 is 0 Å². The van der Waals surface area contributed by atoms with Crippen LogP contribution in [0.2, 0.25) is 0 Å². The molecule has 1 aliphatic carbocycles. The molecule has 1 saturated carbocycles. The zero-order valence-corrected chi connectivity index (χ0v) is 11.1. The average Bonchev–Trinajstić information content (AvgIpc) is 2.32. The number of nitrogens with two attached hydrogens (primary N) is 1. The summed E-state index contributed by atoms with van der Waals surface area (Å²) in [6.45, 7) is 3.53. The lowest BCUT2D eigenvalue weighted by molar-refractivity contribution is -0.126. The van der Waals surface area contributed by atoms with Crippen LogP contribution in [0.4, 0.5) is 0 Å². The topological polar surface area (TPSA) is 64.3 Å². The lowest BCUT2D eigenvalue weighted by Gasteiger charge is -2.38. The Balaban J connectivity index is 2.48. The quantitative estimate of drug-likeness (QED) is 0.664. The van der Waals surface area contributed by atoms with Gasteiger partial charge in [0.1, 0.15) is 0 Å². The summed E-state index contributed by atoms with van der Waals surface area (Å²) in [6, 6.07) is 0. The van der Waals surface area contributed by atoms with Crippen molar-refractivity contribution in [2.75, 3.05) is 20.3 Å². The summed E-state index contributed by atoms with van der Waals surface area (Å²) in [6.07, 6.45) is 6.46. The van der Waals surface area contributed by atoms with E-state index < -0.39 is 5.54 Å². The lowest BCUT2D eigenvalue weighted by Crippen LogP contribution is -2.57. The Morgan fingerprint density at radius 1 is 1.47 bits per heavy atom. The van der Waals surface area contributed by atoms with Crippen LogP contribution in [0.25, 0.3) is 0 Å². The third kappa shape index (κ3) is 3.96. The van der Waals surface area contributed by atoms with Gasteiger partial charge in [-0.05, 0) is 31.6 Å². The highest BCUT2D eigenvalue weighted by Crippen LogP contribution is 2.34. The van der Waals surface area contributed by atoms with E-state index in [1.807, 2.05) is 0 Å². The van der Waals surface area contributed by atoms with E-state index in [9.17, 15) is 4.79 Å². The zero-order chi connectivity index (χ0) is 12.7. The molecule has 0 heterocycles. The molecule has 0 aromatic heterocycles. The summed E-state index contributed by atoms with van der Waals surface area (Å²) in [5, 5.41) is 3.30. The maximum atomic E-state index is 11.7. The molecule has 0 spiro atoms. The van der Waals surface area contributed by atoms with Crippen molar-refractivity contribution in [1.29, 1.82) is 0 Å². The average molecular weight is 242 g/mol. The van der Waals surface area contributed by atoms with Gasteiger partial charge in [0.25, 0.3) is 0 Å². The van der Waals surface area contributed by atoms with Crippen LogP contribution < -0.4 is 11.1 Å². The van der Waals surface area contributed by atoms with Gasteiger partial charge < -0.3 is 15.8 Å². The molecule has 17 heavy (non-hydrogen) atoms. The van der Waals surface area contributed by atoms with Crippen LogP contribution in [-0.2, 0) is 9.53 Å². The van der Waals surface area contributed by atoms with Crippen LogP contribution in [0.5, 0.6) is 0 Å². The Bertz CT molecular complexity index is 236. The predicted molar refractivity (Wildman–Crippen MR) is 68.7 cm³/mol. The molecule has 0 bridgehead atoms. The molecule has 0 aromatic rings. The molecule has 1 fully saturated rings. The summed E-state index contributed by atoms with van der Waals surface area (Å²) in [4.78, 5) is 11.7. The fourth-order valence-corrected chi connectivity index (χ4v) is 2.77. The maximum Gasteiger partial charge on any atom is 0.237 e. The minimum Gasteiger partial charge on any atom is -0.383 e. The number of ether oxygens (including phenoxy) is 1. The molecular formula is C13H26N2O2. The smallest absolute Gasteiger partial charge is 0.237 e. The number of hydrogen-bond donors (Lipinski definition) is 2. The first-order chi connectivity index (χ1) is 8.14. The fraction of sp³-hybridized carbons (Fsp3) is 0.923. The first-order valence-corrected chi connectivity index (χ1v) is 6.68. The minimum atomic E-state index is -0.483. The Labute approximate surface area is 104 Å². The van der Waals surface area contributed by atoms with Crippen molar-refractivity contribution in [3.8, 4) is 0 Å². The van der Waals surface area contributed by atoms with Gasteiger partial charge in [0, 0.05) is 13.7 Å². The Morgan fingerprint density at radius 2 is 2.12 bits per heavy atom. The number of amides is 1. The molecule has 0 saturated heterocycles. The number of rotatable bonds is 7. The van der Waals surface area contributed by atoms with E-state index in [0.29, 0.717) is 13.2 Å². The van der Waals surface area contributed by atoms with Gasteiger partial charge in [-0.3, -0.25) is 4.79 Å². The molecule has 4 nitrogen and oxygen atoms in total. The van der Waals surface area contributed by atoms with E-state index in [0.717, 1.165) is 31.6 Å². The molecule has 1 amide bonds. The highest BCUT2D eigenvalue weighted by molar-refractivity contribution is 5.84. The molecule has 4 heteroatoms. The van der Waals surface area contributed by atoms with Gasteiger partial charge in [-0.1, -0.05) is 19.8 Å². The fourth-order valence-electron chi connectivity index (χ4n) is 2.77. The minimum absolute atomic E-state index is 0.205. The monoisotopic (exact) mass is 242 g/mol. The van der Waals surface area contributed by atoms with Gasteiger partial charge in [0.2, 0.25) is 5.91 Å². The molecular weight excluding hydrogens is 216 g/mol. The van der Waals surface area contributed by atoms with E-state index in [2.05, 4.69) is 12.2 Å². The predicted octanol–water partition coefficient (Wildman–Crippen LogP) is 1.44. The summed E-state index contributed by atoms with van der Waals surface area (Å²) in [5.74, 6) is 0.570. The molecule has 1 rings (SSSR count). The van der Waals surface area contributed by atoms with E-state index in [-0.39, 0.29) is 5.91 Å². The first kappa shape index (κ1) is 14.5. The number of carbonyl (C=O) groups is 1. The van der Waals surface area contributed by atoms with E-state index in [4.69, 9.17) is 10.5 Å². The molecule has 0 atom stereocenters. The first-order valence-electron chi connectivity index (χ1n) is 6.68. The maximum absolute atomic E-state index is 11.7. The molecule has 0 aliphatic heterocycles. The largest absolute Gasteiger partial charge is 0.383 e. The van der Waals surface area contributed by atoms with Crippen LogP contribution in [0, 0.1) is 5.92 Å². The zero-order valence-electron chi connectivity index (χ0n) is 11.1.